The number of anilines is 1. The van der Waals surface area contributed by atoms with Gasteiger partial charge in [-0.15, -0.1) is 0 Å². The van der Waals surface area contributed by atoms with E-state index in [0.29, 0.717) is 18.4 Å². The van der Waals surface area contributed by atoms with Gasteiger partial charge in [0, 0.05) is 18.4 Å². The van der Waals surface area contributed by atoms with Crippen LogP contribution in [0.15, 0.2) is 36.4 Å². The van der Waals surface area contributed by atoms with Crippen molar-refractivity contribution >= 4 is 17.4 Å². The lowest BCUT2D eigenvalue weighted by molar-refractivity contribution is -0.118. The lowest BCUT2D eigenvalue weighted by atomic mass is 9.90. The summed E-state index contributed by atoms with van der Waals surface area (Å²) in [6.45, 7) is 1.97. The first-order valence-corrected chi connectivity index (χ1v) is 7.80. The van der Waals surface area contributed by atoms with Crippen LogP contribution in [-0.2, 0) is 24.1 Å². The van der Waals surface area contributed by atoms with Gasteiger partial charge >= 0.3 is 0 Å². The average Bonchev–Trinajstić information content (AvgIpc) is 2.55. The number of rotatable bonds is 3. The van der Waals surface area contributed by atoms with Crippen molar-refractivity contribution in [2.45, 2.75) is 32.6 Å². The van der Waals surface area contributed by atoms with Gasteiger partial charge in [0.25, 0.3) is 5.91 Å². The third-order valence-electron chi connectivity index (χ3n) is 4.24. The van der Waals surface area contributed by atoms with E-state index in [2.05, 4.69) is 5.32 Å². The lowest BCUT2D eigenvalue weighted by Crippen LogP contribution is -2.18. The second-order valence-electron chi connectivity index (χ2n) is 5.78. The van der Waals surface area contributed by atoms with Crippen molar-refractivity contribution in [3.05, 3.63) is 64.5 Å². The van der Waals surface area contributed by atoms with Gasteiger partial charge in [0.05, 0.1) is 5.69 Å². The fraction of sp³-hybridized carbons (Fsp3) is 0.263. The molecule has 1 N–H and O–H groups in total. The van der Waals surface area contributed by atoms with Crippen LogP contribution in [0.2, 0.25) is 0 Å². The van der Waals surface area contributed by atoms with Crippen LogP contribution in [0.4, 0.5) is 10.1 Å². The molecule has 0 unspecified atom stereocenters. The zero-order valence-electron chi connectivity index (χ0n) is 13.0. The number of halogens is 1. The van der Waals surface area contributed by atoms with Gasteiger partial charge in [0.1, 0.15) is 11.6 Å². The van der Waals surface area contributed by atoms with Crippen molar-refractivity contribution in [3.63, 3.8) is 0 Å². The predicted molar refractivity (Wildman–Crippen MR) is 87.2 cm³/mol. The number of ketones is 1. The normalized spacial score (nSPS) is 13.6. The first kappa shape index (κ1) is 15.4. The van der Waals surface area contributed by atoms with E-state index in [4.69, 9.17) is 0 Å². The van der Waals surface area contributed by atoms with Crippen LogP contribution in [0, 0.1) is 5.82 Å². The minimum Gasteiger partial charge on any atom is -0.319 e. The van der Waals surface area contributed by atoms with E-state index < -0.39 is 5.82 Å². The topological polar surface area (TPSA) is 46.2 Å². The Kier molecular flexibility index (Phi) is 4.24. The summed E-state index contributed by atoms with van der Waals surface area (Å²) < 4.78 is 14.2. The van der Waals surface area contributed by atoms with Crippen molar-refractivity contribution in [1.82, 2.24) is 0 Å². The Balaban J connectivity index is 1.88. The molecule has 1 aliphatic carbocycles. The van der Waals surface area contributed by atoms with E-state index in [1.54, 1.807) is 18.2 Å². The summed E-state index contributed by atoms with van der Waals surface area (Å²) in [4.78, 5) is 23.9. The Morgan fingerprint density at radius 1 is 1.17 bits per heavy atom. The highest BCUT2D eigenvalue weighted by Crippen LogP contribution is 2.26. The van der Waals surface area contributed by atoms with Gasteiger partial charge in [-0.05, 0) is 47.7 Å². The van der Waals surface area contributed by atoms with Gasteiger partial charge in [-0.25, -0.2) is 4.39 Å². The maximum Gasteiger partial charge on any atom is 0.256 e. The number of nitrogens with one attached hydrogen (secondary N) is 1. The molecule has 3 nitrogen and oxygen atoms in total. The minimum atomic E-state index is -0.499. The molecule has 1 aliphatic rings. The maximum absolute atomic E-state index is 14.2. The van der Waals surface area contributed by atoms with Crippen LogP contribution in [0.25, 0.3) is 0 Å². The molecule has 23 heavy (non-hydrogen) atoms. The fourth-order valence-corrected chi connectivity index (χ4v) is 2.97. The van der Waals surface area contributed by atoms with Crippen LogP contribution in [0.5, 0.6) is 0 Å². The Labute approximate surface area is 134 Å². The van der Waals surface area contributed by atoms with E-state index in [1.165, 1.54) is 6.07 Å². The maximum atomic E-state index is 14.2. The number of benzene rings is 2. The molecular weight excluding hydrogens is 293 g/mol. The van der Waals surface area contributed by atoms with E-state index in [0.717, 1.165) is 23.1 Å². The van der Waals surface area contributed by atoms with Crippen molar-refractivity contribution < 1.29 is 14.0 Å². The molecule has 2 aromatic rings. The summed E-state index contributed by atoms with van der Waals surface area (Å²) in [5, 5.41) is 2.66. The Morgan fingerprint density at radius 2 is 1.96 bits per heavy atom. The zero-order chi connectivity index (χ0) is 16.4. The molecule has 3 rings (SSSR count). The Hall–Kier alpha value is -2.49. The molecule has 0 saturated heterocycles. The van der Waals surface area contributed by atoms with Crippen molar-refractivity contribution in [1.29, 1.82) is 0 Å². The quantitative estimate of drug-likeness (QED) is 0.939. The molecule has 118 valence electrons. The van der Waals surface area contributed by atoms with E-state index in [-0.39, 0.29) is 23.8 Å². The van der Waals surface area contributed by atoms with Gasteiger partial charge in [-0.1, -0.05) is 25.1 Å². The third kappa shape index (κ3) is 3.16. The number of hydrogen-bond donors (Lipinski definition) is 1. The number of Topliss-reactive ketones (excluding diaryl/α,β-unsaturated/α-hetero) is 1. The standard InChI is InChI=1S/C19H18FNO2/c1-2-12-5-3-4-6-16(12)19(23)21-18-11-13-7-8-15(22)9-14(13)10-17(18)20/h3-6,10-11H,2,7-9H2,1H3,(H,21,23). The smallest absolute Gasteiger partial charge is 0.256 e. The molecule has 0 fully saturated rings. The average molecular weight is 311 g/mol. The molecule has 0 heterocycles. The van der Waals surface area contributed by atoms with Crippen LogP contribution >= 0.6 is 0 Å². The summed E-state index contributed by atoms with van der Waals surface area (Å²) in [7, 11) is 0. The van der Waals surface area contributed by atoms with Gasteiger partial charge < -0.3 is 5.32 Å². The minimum absolute atomic E-state index is 0.130. The second-order valence-corrected chi connectivity index (χ2v) is 5.78. The molecule has 2 aromatic carbocycles. The monoisotopic (exact) mass is 311 g/mol. The number of aryl methyl sites for hydroxylation is 2. The van der Waals surface area contributed by atoms with E-state index in [1.807, 2.05) is 19.1 Å². The number of hydrogen-bond acceptors (Lipinski definition) is 2. The first-order chi connectivity index (χ1) is 11.1. The molecule has 0 saturated carbocycles. The number of amides is 1. The van der Waals surface area contributed by atoms with Crippen LogP contribution in [0.1, 0.15) is 40.4 Å². The molecule has 0 radical (unpaired) electrons. The predicted octanol–water partition coefficient (Wildman–Crippen LogP) is 3.70. The van der Waals surface area contributed by atoms with E-state index >= 15 is 0 Å². The van der Waals surface area contributed by atoms with E-state index in [9.17, 15) is 14.0 Å². The third-order valence-corrected chi connectivity index (χ3v) is 4.24. The van der Waals surface area contributed by atoms with Crippen molar-refractivity contribution in [3.8, 4) is 0 Å². The number of carbonyl (C=O) groups is 2. The van der Waals surface area contributed by atoms with Crippen LogP contribution in [-0.4, -0.2) is 11.7 Å². The second kappa shape index (κ2) is 6.32. The molecule has 0 spiro atoms. The molecule has 0 atom stereocenters. The van der Waals surface area contributed by atoms with Gasteiger partial charge in [-0.3, -0.25) is 9.59 Å². The number of fused-ring (bicyclic) bond motifs is 1. The zero-order valence-corrected chi connectivity index (χ0v) is 13.0. The Bertz CT molecular complexity index is 783. The molecular formula is C19H18FNO2. The van der Waals surface area contributed by atoms with Crippen LogP contribution < -0.4 is 5.32 Å². The fourth-order valence-electron chi connectivity index (χ4n) is 2.97. The lowest BCUT2D eigenvalue weighted by Gasteiger charge is -2.17. The molecule has 4 heteroatoms. The summed E-state index contributed by atoms with van der Waals surface area (Å²) in [5.74, 6) is -0.681. The molecule has 0 bridgehead atoms. The molecule has 0 aromatic heterocycles. The highest BCUT2D eigenvalue weighted by molar-refractivity contribution is 6.05. The molecule has 0 aliphatic heterocycles. The largest absolute Gasteiger partial charge is 0.319 e. The highest BCUT2D eigenvalue weighted by atomic mass is 19.1. The Morgan fingerprint density at radius 3 is 2.74 bits per heavy atom. The molecule has 1 amide bonds. The van der Waals surface area contributed by atoms with Gasteiger partial charge in [0.2, 0.25) is 0 Å². The summed E-state index contributed by atoms with van der Waals surface area (Å²) in [6, 6.07) is 10.3. The summed E-state index contributed by atoms with van der Waals surface area (Å²) >= 11 is 0. The van der Waals surface area contributed by atoms with Gasteiger partial charge in [-0.2, -0.15) is 0 Å². The van der Waals surface area contributed by atoms with Crippen LogP contribution in [0.3, 0.4) is 0 Å². The van der Waals surface area contributed by atoms with Crippen molar-refractivity contribution in [2.24, 2.45) is 0 Å². The van der Waals surface area contributed by atoms with Crippen molar-refractivity contribution in [2.75, 3.05) is 5.32 Å². The first-order valence-electron chi connectivity index (χ1n) is 7.80. The number of carbonyl (C=O) groups excluding carboxylic acids is 2. The highest BCUT2D eigenvalue weighted by Gasteiger charge is 2.19. The SMILES string of the molecule is CCc1ccccc1C(=O)Nc1cc2c(cc1F)CC(=O)CC2. The summed E-state index contributed by atoms with van der Waals surface area (Å²) in [5.41, 5.74) is 3.32. The van der Waals surface area contributed by atoms with Gasteiger partial charge in [0.15, 0.2) is 0 Å². The summed E-state index contributed by atoms with van der Waals surface area (Å²) in [6.07, 6.45) is 2.09.